The van der Waals surface area contributed by atoms with Crippen LogP contribution in [0.4, 0.5) is 0 Å². The summed E-state index contributed by atoms with van der Waals surface area (Å²) >= 11 is 0. The van der Waals surface area contributed by atoms with Crippen molar-refractivity contribution >= 4 is 11.9 Å². The topological polar surface area (TPSA) is 93.1 Å². The molecule has 6 heteroatoms. The van der Waals surface area contributed by atoms with Crippen molar-refractivity contribution in [3.63, 3.8) is 0 Å². The summed E-state index contributed by atoms with van der Waals surface area (Å²) in [6.07, 6.45) is 3.80. The van der Waals surface area contributed by atoms with E-state index < -0.39 is 30.2 Å². The van der Waals surface area contributed by atoms with Crippen molar-refractivity contribution in [2.75, 3.05) is 0 Å². The predicted molar refractivity (Wildman–Crippen MR) is 84.5 cm³/mol. The van der Waals surface area contributed by atoms with Gasteiger partial charge in [-0.25, -0.2) is 0 Å². The van der Waals surface area contributed by atoms with Crippen molar-refractivity contribution in [3.8, 4) is 0 Å². The summed E-state index contributed by atoms with van der Waals surface area (Å²) in [6.45, 7) is 4.77. The van der Waals surface area contributed by atoms with Gasteiger partial charge in [-0.2, -0.15) is 0 Å². The van der Waals surface area contributed by atoms with Crippen molar-refractivity contribution in [1.82, 2.24) is 0 Å². The number of aliphatic hydroxyl groups excluding tert-OH is 2. The second kappa shape index (κ2) is 9.67. The van der Waals surface area contributed by atoms with Gasteiger partial charge in [-0.05, 0) is 46.0 Å². The van der Waals surface area contributed by atoms with Crippen LogP contribution in [-0.2, 0) is 19.1 Å². The summed E-state index contributed by atoms with van der Waals surface area (Å²) in [7, 11) is 0. The highest BCUT2D eigenvalue weighted by Crippen LogP contribution is 2.20. The second-order valence-corrected chi connectivity index (χ2v) is 6.18. The van der Waals surface area contributed by atoms with Crippen LogP contribution < -0.4 is 0 Å². The number of hydrogen-bond acceptors (Lipinski definition) is 6. The first-order valence-electron chi connectivity index (χ1n) is 8.21. The molecule has 0 aliphatic carbocycles. The van der Waals surface area contributed by atoms with Crippen molar-refractivity contribution < 1.29 is 29.3 Å². The van der Waals surface area contributed by atoms with Gasteiger partial charge in [0.25, 0.3) is 0 Å². The maximum Gasteiger partial charge on any atom is 0.311 e. The van der Waals surface area contributed by atoms with Crippen LogP contribution in [0.3, 0.4) is 0 Å². The molecule has 0 bridgehead atoms. The number of cyclic esters (lactones) is 1. The van der Waals surface area contributed by atoms with E-state index in [-0.39, 0.29) is 12.1 Å². The molecule has 0 aromatic heterocycles. The molecule has 2 N–H and O–H groups in total. The Kier molecular flexibility index (Phi) is 8.26. The van der Waals surface area contributed by atoms with E-state index in [1.807, 2.05) is 0 Å². The fourth-order valence-electron chi connectivity index (χ4n) is 2.53. The SMILES string of the molecule is CC(=O)O[C@@H](C)CCC[C@H]1OC(=O)[C@H](C)[C@H](O)C=CCC[C@@H]1O. The van der Waals surface area contributed by atoms with Gasteiger partial charge in [0.05, 0.1) is 24.2 Å². The van der Waals surface area contributed by atoms with E-state index in [1.165, 1.54) is 6.92 Å². The van der Waals surface area contributed by atoms with E-state index in [0.29, 0.717) is 32.1 Å². The number of esters is 2. The van der Waals surface area contributed by atoms with Crippen LogP contribution in [-0.4, -0.2) is 46.6 Å². The molecule has 0 spiro atoms. The number of allylic oxidation sites excluding steroid dienone is 1. The highest BCUT2D eigenvalue weighted by Gasteiger charge is 2.29. The Morgan fingerprint density at radius 3 is 2.83 bits per heavy atom. The van der Waals surface area contributed by atoms with E-state index >= 15 is 0 Å². The molecular weight excluding hydrogens is 300 g/mol. The van der Waals surface area contributed by atoms with E-state index in [2.05, 4.69) is 0 Å². The molecule has 0 saturated heterocycles. The molecule has 0 unspecified atom stereocenters. The van der Waals surface area contributed by atoms with Crippen molar-refractivity contribution in [2.24, 2.45) is 5.92 Å². The molecule has 0 amide bonds. The van der Waals surface area contributed by atoms with Gasteiger partial charge < -0.3 is 19.7 Å². The van der Waals surface area contributed by atoms with E-state index in [9.17, 15) is 19.8 Å². The monoisotopic (exact) mass is 328 g/mol. The zero-order valence-electron chi connectivity index (χ0n) is 14.1. The first-order chi connectivity index (χ1) is 10.8. The van der Waals surface area contributed by atoms with Crippen molar-refractivity contribution in [1.29, 1.82) is 0 Å². The van der Waals surface area contributed by atoms with Crippen LogP contribution in [0, 0.1) is 5.92 Å². The number of carbonyl (C=O) groups excluding carboxylic acids is 2. The van der Waals surface area contributed by atoms with Gasteiger partial charge in [0, 0.05) is 6.92 Å². The summed E-state index contributed by atoms with van der Waals surface area (Å²) in [5.74, 6) is -1.50. The smallest absolute Gasteiger partial charge is 0.311 e. The van der Waals surface area contributed by atoms with Gasteiger partial charge in [0.1, 0.15) is 6.10 Å². The summed E-state index contributed by atoms with van der Waals surface area (Å²) in [5.41, 5.74) is 0. The fourth-order valence-corrected chi connectivity index (χ4v) is 2.53. The lowest BCUT2D eigenvalue weighted by Gasteiger charge is -2.26. The molecule has 0 saturated carbocycles. The Hall–Kier alpha value is -1.40. The highest BCUT2D eigenvalue weighted by molar-refractivity contribution is 5.73. The van der Waals surface area contributed by atoms with Gasteiger partial charge in [0.2, 0.25) is 0 Å². The van der Waals surface area contributed by atoms with Gasteiger partial charge >= 0.3 is 11.9 Å². The number of hydrogen-bond donors (Lipinski definition) is 2. The molecule has 5 atom stereocenters. The first kappa shape index (κ1) is 19.6. The van der Waals surface area contributed by atoms with Gasteiger partial charge in [-0.3, -0.25) is 9.59 Å². The van der Waals surface area contributed by atoms with Gasteiger partial charge in [-0.15, -0.1) is 0 Å². The Labute approximate surface area is 137 Å². The Morgan fingerprint density at radius 1 is 1.48 bits per heavy atom. The fraction of sp³-hybridized carbons (Fsp3) is 0.765. The number of carbonyl (C=O) groups is 2. The Bertz CT molecular complexity index is 419. The van der Waals surface area contributed by atoms with E-state index in [1.54, 1.807) is 26.0 Å². The maximum absolute atomic E-state index is 12.0. The minimum Gasteiger partial charge on any atom is -0.463 e. The minimum atomic E-state index is -0.873. The lowest BCUT2D eigenvalue weighted by atomic mass is 9.98. The summed E-state index contributed by atoms with van der Waals surface area (Å²) in [4.78, 5) is 22.9. The molecule has 132 valence electrons. The average Bonchev–Trinajstić information content (AvgIpc) is 2.47. The molecular formula is C17H28O6. The molecule has 0 fully saturated rings. The number of rotatable bonds is 5. The largest absolute Gasteiger partial charge is 0.463 e. The standard InChI is InChI=1S/C17H28O6/c1-11(22-13(3)18)7-6-10-16-15(20)9-5-4-8-14(19)12(2)17(21)23-16/h4,8,11-12,14-16,19-20H,5-7,9-10H2,1-3H3/t11-,12+,14+,15-,16+/m0/s1. The number of ether oxygens (including phenoxy) is 2. The molecule has 1 aliphatic heterocycles. The van der Waals surface area contributed by atoms with Crippen molar-refractivity contribution in [3.05, 3.63) is 12.2 Å². The van der Waals surface area contributed by atoms with E-state index in [0.717, 1.165) is 0 Å². The molecule has 0 radical (unpaired) electrons. The lowest BCUT2D eigenvalue weighted by molar-refractivity contribution is -0.163. The molecule has 23 heavy (non-hydrogen) atoms. The van der Waals surface area contributed by atoms with Crippen LogP contribution in [0.25, 0.3) is 0 Å². The second-order valence-electron chi connectivity index (χ2n) is 6.18. The third-order valence-corrected chi connectivity index (χ3v) is 4.01. The lowest BCUT2D eigenvalue weighted by Crippen LogP contribution is -2.36. The Balaban J connectivity index is 2.58. The zero-order valence-corrected chi connectivity index (χ0v) is 14.1. The number of aliphatic hydroxyl groups is 2. The molecule has 1 heterocycles. The molecule has 0 aromatic carbocycles. The summed E-state index contributed by atoms with van der Waals surface area (Å²) in [6, 6.07) is 0. The van der Waals surface area contributed by atoms with Crippen LogP contribution in [0.5, 0.6) is 0 Å². The van der Waals surface area contributed by atoms with Crippen molar-refractivity contribution in [2.45, 2.75) is 77.3 Å². The van der Waals surface area contributed by atoms with Crippen LogP contribution in [0.2, 0.25) is 0 Å². The first-order valence-corrected chi connectivity index (χ1v) is 8.21. The highest BCUT2D eigenvalue weighted by atomic mass is 16.6. The van der Waals surface area contributed by atoms with Crippen LogP contribution >= 0.6 is 0 Å². The maximum atomic E-state index is 12.0. The Morgan fingerprint density at radius 2 is 2.17 bits per heavy atom. The summed E-state index contributed by atoms with van der Waals surface area (Å²) < 4.78 is 10.4. The third kappa shape index (κ3) is 7.14. The zero-order chi connectivity index (χ0) is 17.4. The molecule has 0 aromatic rings. The van der Waals surface area contributed by atoms with Crippen LogP contribution in [0.1, 0.15) is 52.9 Å². The normalized spacial score (nSPS) is 30.4. The quantitative estimate of drug-likeness (QED) is 0.590. The van der Waals surface area contributed by atoms with Crippen LogP contribution in [0.15, 0.2) is 12.2 Å². The van der Waals surface area contributed by atoms with E-state index in [4.69, 9.17) is 9.47 Å². The average molecular weight is 328 g/mol. The minimum absolute atomic E-state index is 0.205. The third-order valence-electron chi connectivity index (χ3n) is 4.01. The molecule has 1 aliphatic rings. The van der Waals surface area contributed by atoms with Gasteiger partial charge in [-0.1, -0.05) is 12.2 Å². The molecule has 1 rings (SSSR count). The molecule has 6 nitrogen and oxygen atoms in total. The predicted octanol–water partition coefficient (Wildman–Crippen LogP) is 1.73. The van der Waals surface area contributed by atoms with Gasteiger partial charge in [0.15, 0.2) is 0 Å². The summed E-state index contributed by atoms with van der Waals surface area (Å²) in [5, 5.41) is 20.1.